The van der Waals surface area contributed by atoms with E-state index in [9.17, 15) is 9.90 Å². The van der Waals surface area contributed by atoms with Crippen LogP contribution in [0.4, 0.5) is 0 Å². The maximum Gasteiger partial charge on any atom is 0.222 e. The number of aryl methyl sites for hydroxylation is 1. The van der Waals surface area contributed by atoms with Gasteiger partial charge >= 0.3 is 0 Å². The number of pyridine rings is 1. The molecule has 1 fully saturated rings. The van der Waals surface area contributed by atoms with Gasteiger partial charge in [-0.1, -0.05) is 36.4 Å². The van der Waals surface area contributed by atoms with Gasteiger partial charge in [0.15, 0.2) is 0 Å². The van der Waals surface area contributed by atoms with Crippen molar-refractivity contribution < 1.29 is 9.90 Å². The largest absolute Gasteiger partial charge is 0.396 e. The third-order valence-electron chi connectivity index (χ3n) is 5.94. The summed E-state index contributed by atoms with van der Waals surface area (Å²) in [6.07, 6.45) is 7.67. The van der Waals surface area contributed by atoms with Crippen molar-refractivity contribution in [3.05, 3.63) is 72.2 Å². The highest BCUT2D eigenvalue weighted by Crippen LogP contribution is 2.35. The Morgan fingerprint density at radius 1 is 1.07 bits per heavy atom. The summed E-state index contributed by atoms with van der Waals surface area (Å²) in [6.45, 7) is 1.61. The summed E-state index contributed by atoms with van der Waals surface area (Å²) < 4.78 is 1.99. The number of hydrogen-bond donors (Lipinski definition) is 1. The van der Waals surface area contributed by atoms with Crippen LogP contribution in [0, 0.1) is 5.41 Å². The molecule has 4 rings (SSSR count). The fraction of sp³-hybridized carbons (Fsp3) is 0.391. The second-order valence-corrected chi connectivity index (χ2v) is 7.90. The number of rotatable bonds is 6. The molecule has 5 nitrogen and oxygen atoms in total. The third-order valence-corrected chi connectivity index (χ3v) is 5.94. The zero-order valence-corrected chi connectivity index (χ0v) is 16.1. The van der Waals surface area contributed by atoms with Crippen molar-refractivity contribution >= 4 is 11.6 Å². The lowest BCUT2D eigenvalue weighted by molar-refractivity contribution is -0.134. The average molecular weight is 377 g/mol. The number of benzene rings is 1. The molecule has 0 bridgehead atoms. The fourth-order valence-corrected chi connectivity index (χ4v) is 4.15. The predicted molar refractivity (Wildman–Crippen MR) is 109 cm³/mol. The number of imidazole rings is 1. The number of aromatic nitrogens is 2. The fourth-order valence-electron chi connectivity index (χ4n) is 4.15. The van der Waals surface area contributed by atoms with Crippen molar-refractivity contribution in [2.75, 3.05) is 19.7 Å². The molecule has 1 saturated heterocycles. The van der Waals surface area contributed by atoms with E-state index in [2.05, 4.69) is 17.1 Å². The maximum atomic E-state index is 12.7. The van der Waals surface area contributed by atoms with Crippen LogP contribution in [0.1, 0.15) is 30.5 Å². The molecule has 0 atom stereocenters. The van der Waals surface area contributed by atoms with E-state index in [1.165, 1.54) is 5.56 Å². The predicted octanol–water partition coefficient (Wildman–Crippen LogP) is 3.11. The van der Waals surface area contributed by atoms with E-state index in [0.717, 1.165) is 43.7 Å². The van der Waals surface area contributed by atoms with E-state index in [-0.39, 0.29) is 17.9 Å². The Morgan fingerprint density at radius 3 is 2.54 bits per heavy atom. The number of nitrogens with zero attached hydrogens (tertiary/aromatic N) is 3. The lowest BCUT2D eigenvalue weighted by Crippen LogP contribution is -2.45. The van der Waals surface area contributed by atoms with Gasteiger partial charge in [0.25, 0.3) is 0 Å². The van der Waals surface area contributed by atoms with Crippen molar-refractivity contribution in [3.63, 3.8) is 0 Å². The number of aliphatic hydroxyl groups excluding tert-OH is 1. The van der Waals surface area contributed by atoms with Crippen LogP contribution in [0.25, 0.3) is 5.65 Å². The van der Waals surface area contributed by atoms with Gasteiger partial charge in [-0.15, -0.1) is 0 Å². The van der Waals surface area contributed by atoms with Crippen LogP contribution in [0.2, 0.25) is 0 Å². The van der Waals surface area contributed by atoms with Gasteiger partial charge in [0.1, 0.15) is 5.65 Å². The first-order valence-electron chi connectivity index (χ1n) is 10.0. The summed E-state index contributed by atoms with van der Waals surface area (Å²) in [6, 6.07) is 16.2. The van der Waals surface area contributed by atoms with E-state index >= 15 is 0 Å². The van der Waals surface area contributed by atoms with E-state index < -0.39 is 0 Å². The van der Waals surface area contributed by atoms with Crippen LogP contribution >= 0.6 is 0 Å². The van der Waals surface area contributed by atoms with E-state index in [1.807, 2.05) is 58.1 Å². The van der Waals surface area contributed by atoms with Crippen LogP contribution in [-0.4, -0.2) is 45.0 Å². The second kappa shape index (κ2) is 8.15. The smallest absolute Gasteiger partial charge is 0.222 e. The Morgan fingerprint density at radius 2 is 1.82 bits per heavy atom. The molecular weight excluding hydrogens is 350 g/mol. The van der Waals surface area contributed by atoms with E-state index in [0.29, 0.717) is 12.8 Å². The first-order valence-corrected chi connectivity index (χ1v) is 10.0. The Kier molecular flexibility index (Phi) is 5.44. The molecule has 3 heterocycles. The molecule has 1 amide bonds. The summed E-state index contributed by atoms with van der Waals surface area (Å²) in [4.78, 5) is 19.2. The summed E-state index contributed by atoms with van der Waals surface area (Å²) >= 11 is 0. The molecule has 1 aliphatic rings. The van der Waals surface area contributed by atoms with E-state index in [1.54, 1.807) is 0 Å². The number of fused-ring (bicyclic) bond motifs is 1. The molecule has 5 heteroatoms. The molecule has 1 aromatic carbocycles. The number of likely N-dealkylation sites (tertiary alicyclic amines) is 1. The summed E-state index contributed by atoms with van der Waals surface area (Å²) in [7, 11) is 0. The molecule has 146 valence electrons. The molecule has 0 spiro atoms. The van der Waals surface area contributed by atoms with Crippen LogP contribution < -0.4 is 0 Å². The Hall–Kier alpha value is -2.66. The normalized spacial score (nSPS) is 16.4. The molecule has 0 aliphatic carbocycles. The van der Waals surface area contributed by atoms with Gasteiger partial charge in [-0.3, -0.25) is 4.79 Å². The van der Waals surface area contributed by atoms with Gasteiger partial charge in [-0.05, 0) is 43.4 Å². The topological polar surface area (TPSA) is 57.8 Å². The number of amides is 1. The number of carbonyl (C=O) groups is 1. The quantitative estimate of drug-likeness (QED) is 0.718. The number of aliphatic hydroxyl groups is 1. The molecular formula is C23H27N3O2. The van der Waals surface area contributed by atoms with Gasteiger partial charge in [-0.25, -0.2) is 4.98 Å². The first kappa shape index (κ1) is 18.7. The van der Waals surface area contributed by atoms with Crippen molar-refractivity contribution in [2.24, 2.45) is 5.41 Å². The van der Waals surface area contributed by atoms with Crippen molar-refractivity contribution in [3.8, 4) is 0 Å². The van der Waals surface area contributed by atoms with Crippen molar-refractivity contribution in [1.82, 2.24) is 14.3 Å². The number of hydrogen-bond acceptors (Lipinski definition) is 3. The molecule has 2 aromatic heterocycles. The second-order valence-electron chi connectivity index (χ2n) is 7.90. The zero-order valence-electron chi connectivity index (χ0n) is 16.1. The number of carbonyl (C=O) groups excluding carboxylic acids is 1. The molecule has 0 saturated carbocycles. The molecule has 28 heavy (non-hydrogen) atoms. The summed E-state index contributed by atoms with van der Waals surface area (Å²) in [5.41, 5.74) is 3.00. The lowest BCUT2D eigenvalue weighted by atomic mass is 9.74. The van der Waals surface area contributed by atoms with Crippen LogP contribution in [0.5, 0.6) is 0 Å². The molecule has 3 aromatic rings. The monoisotopic (exact) mass is 377 g/mol. The van der Waals surface area contributed by atoms with Crippen LogP contribution in [0.3, 0.4) is 0 Å². The Labute approximate surface area is 165 Å². The summed E-state index contributed by atoms with van der Waals surface area (Å²) in [5.74, 6) is 0.184. The van der Waals surface area contributed by atoms with Crippen LogP contribution in [-0.2, 0) is 17.6 Å². The highest BCUT2D eigenvalue weighted by molar-refractivity contribution is 5.76. The Balaban J connectivity index is 1.31. The minimum Gasteiger partial charge on any atom is -0.396 e. The zero-order chi connectivity index (χ0) is 19.4. The summed E-state index contributed by atoms with van der Waals surface area (Å²) in [5, 5.41) is 10.0. The highest BCUT2D eigenvalue weighted by Gasteiger charge is 2.35. The van der Waals surface area contributed by atoms with Gasteiger partial charge in [-0.2, -0.15) is 0 Å². The molecule has 0 unspecified atom stereocenters. The minimum atomic E-state index is -0.111. The lowest BCUT2D eigenvalue weighted by Gasteiger charge is -2.41. The van der Waals surface area contributed by atoms with Crippen molar-refractivity contribution in [2.45, 2.75) is 32.1 Å². The SMILES string of the molecule is O=C(CCc1cn2ccccc2n1)N1CCC(CO)(Cc2ccccc2)CC1. The van der Waals surface area contributed by atoms with Gasteiger partial charge in [0, 0.05) is 43.9 Å². The molecule has 1 N–H and O–H groups in total. The third kappa shape index (κ3) is 4.09. The highest BCUT2D eigenvalue weighted by atomic mass is 16.3. The number of piperidine rings is 1. The molecule has 1 aliphatic heterocycles. The van der Waals surface area contributed by atoms with Crippen LogP contribution in [0.15, 0.2) is 60.9 Å². The van der Waals surface area contributed by atoms with Gasteiger partial charge in [0.05, 0.1) is 5.69 Å². The first-order chi connectivity index (χ1) is 13.7. The Bertz CT molecular complexity index is 894. The molecule has 0 radical (unpaired) electrons. The van der Waals surface area contributed by atoms with Gasteiger partial charge in [0.2, 0.25) is 5.91 Å². The standard InChI is InChI=1S/C23H27N3O2/c27-18-23(16-19-6-2-1-3-7-19)11-14-25(15-12-23)22(28)10-9-20-17-26-13-5-4-8-21(26)24-20/h1-8,13,17,27H,9-12,14-16,18H2. The minimum absolute atomic E-state index is 0.111. The van der Waals surface area contributed by atoms with Gasteiger partial charge < -0.3 is 14.4 Å². The maximum absolute atomic E-state index is 12.7. The van der Waals surface area contributed by atoms with E-state index in [4.69, 9.17) is 0 Å². The van der Waals surface area contributed by atoms with Crippen molar-refractivity contribution in [1.29, 1.82) is 0 Å². The average Bonchev–Trinajstić information content (AvgIpc) is 3.16.